The summed E-state index contributed by atoms with van der Waals surface area (Å²) in [5.74, 6) is 0. The molecule has 0 aliphatic heterocycles. The van der Waals surface area contributed by atoms with Gasteiger partial charge in [-0.3, -0.25) is 0 Å². The van der Waals surface area contributed by atoms with Gasteiger partial charge in [-0.05, 0) is 78.4 Å². The Morgan fingerprint density at radius 2 is 1.05 bits per heavy atom. The van der Waals surface area contributed by atoms with Gasteiger partial charge in [0.2, 0.25) is 0 Å². The van der Waals surface area contributed by atoms with Crippen molar-refractivity contribution >= 4 is 54.3 Å². The molecule has 0 aliphatic carbocycles. The first-order chi connectivity index (χ1) is 28.8. The van der Waals surface area contributed by atoms with Crippen LogP contribution in [0.15, 0.2) is 162 Å². The smallest absolute Gasteiger partial charge is 0.143 e. The highest BCUT2D eigenvalue weighted by Gasteiger charge is 2.19. The largest absolute Gasteiger partial charge is 0.455 e. The van der Waals surface area contributed by atoms with Crippen molar-refractivity contribution in [2.45, 2.75) is 0 Å². The molecule has 9 rings (SSSR count). The molecule has 0 amide bonds. The normalized spacial score (nSPS) is 17.6. The molecule has 0 bridgehead atoms. The Kier molecular flexibility index (Phi) is 2.70. The maximum absolute atomic E-state index is 9.74. The summed E-state index contributed by atoms with van der Waals surface area (Å²) in [4.78, 5) is 0. The van der Waals surface area contributed by atoms with E-state index in [2.05, 4.69) is 0 Å². The third-order valence-corrected chi connectivity index (χ3v) is 7.56. The van der Waals surface area contributed by atoms with Gasteiger partial charge in [-0.2, -0.15) is 0 Å². The van der Waals surface area contributed by atoms with Gasteiger partial charge in [0.15, 0.2) is 0 Å². The highest BCUT2D eigenvalue weighted by Crippen LogP contribution is 2.47. The fourth-order valence-electron chi connectivity index (χ4n) is 5.77. The molecule has 0 atom stereocenters. The van der Waals surface area contributed by atoms with Gasteiger partial charge in [-0.25, -0.2) is 0 Å². The third kappa shape index (κ3) is 3.65. The lowest BCUT2D eigenvalue weighted by molar-refractivity contribution is 0.672. The molecule has 8 aromatic carbocycles. The van der Waals surface area contributed by atoms with Crippen LogP contribution < -0.4 is 0 Å². The van der Waals surface area contributed by atoms with Crippen LogP contribution in [0.1, 0.15) is 24.7 Å². The molecule has 0 saturated heterocycles. The van der Waals surface area contributed by atoms with E-state index in [1.807, 2.05) is 0 Å². The second-order valence-corrected chi connectivity index (χ2v) is 9.85. The first-order valence-corrected chi connectivity index (χ1v) is 13.3. The van der Waals surface area contributed by atoms with Gasteiger partial charge in [0.25, 0.3) is 0 Å². The topological polar surface area (TPSA) is 13.1 Å². The molecule has 0 fully saturated rings. The Hall–Kier alpha value is -5.66. The zero-order valence-electron chi connectivity index (χ0n) is 40.0. The highest BCUT2D eigenvalue weighted by molar-refractivity contribution is 6.23. The Morgan fingerprint density at radius 3 is 1.79 bits per heavy atom. The van der Waals surface area contributed by atoms with Crippen LogP contribution in [-0.4, -0.2) is 0 Å². The molecule has 0 aliphatic rings. The zero-order valence-corrected chi connectivity index (χ0v) is 22.0. The molecule has 43 heavy (non-hydrogen) atoms. The van der Waals surface area contributed by atoms with Gasteiger partial charge in [0, 0.05) is 16.2 Å². The molecule has 0 unspecified atom stereocenters. The quantitative estimate of drug-likeness (QED) is 0.195. The minimum absolute atomic E-state index is 0.110. The molecule has 200 valence electrons. The Morgan fingerprint density at radius 1 is 0.419 bits per heavy atom. The lowest BCUT2D eigenvalue weighted by Gasteiger charge is -2.19. The van der Waals surface area contributed by atoms with E-state index < -0.39 is 114 Å². The average molecular weight is 565 g/mol. The monoisotopic (exact) mass is 564 g/mol. The Labute approximate surface area is 274 Å². The molecule has 1 heteroatoms. The van der Waals surface area contributed by atoms with E-state index in [0.29, 0.717) is 21.5 Å². The van der Waals surface area contributed by atoms with Gasteiger partial charge in [-0.15, -0.1) is 0 Å². The van der Waals surface area contributed by atoms with Crippen LogP contribution in [0.3, 0.4) is 0 Å². The van der Waals surface area contributed by atoms with Crippen molar-refractivity contribution < 1.29 is 29.1 Å². The van der Waals surface area contributed by atoms with Gasteiger partial charge < -0.3 is 4.42 Å². The molecule has 0 saturated carbocycles. The molecule has 9 aromatic rings. The summed E-state index contributed by atoms with van der Waals surface area (Å²) in [6, 6.07) is 2.36. The highest BCUT2D eigenvalue weighted by atomic mass is 16.3. The van der Waals surface area contributed by atoms with E-state index in [1.54, 1.807) is 48.5 Å². The summed E-state index contributed by atoms with van der Waals surface area (Å²) in [7, 11) is 0. The Bertz CT molecular complexity index is 3430. The van der Waals surface area contributed by atoms with Crippen molar-refractivity contribution in [3.8, 4) is 33.4 Å². The predicted octanol–water partition coefficient (Wildman–Crippen LogP) is 12.0. The zero-order chi connectivity index (χ0) is 44.0. The van der Waals surface area contributed by atoms with Crippen LogP contribution in [0.2, 0.25) is 0 Å². The van der Waals surface area contributed by atoms with Gasteiger partial charge in [-0.1, -0.05) is 139 Å². The summed E-state index contributed by atoms with van der Waals surface area (Å²) < 4.78 is 165. The number of furan rings is 1. The average Bonchev–Trinajstić information content (AvgIpc) is 3.66. The maximum Gasteiger partial charge on any atom is 0.143 e. The molecule has 1 aromatic heterocycles. The summed E-state index contributed by atoms with van der Waals surface area (Å²) in [5.41, 5.74) is -1.20. The number of hydrogen-bond acceptors (Lipinski definition) is 1. The lowest BCUT2D eigenvalue weighted by atomic mass is 9.83. The van der Waals surface area contributed by atoms with Crippen LogP contribution in [0.25, 0.3) is 87.6 Å². The van der Waals surface area contributed by atoms with Crippen LogP contribution in [0.5, 0.6) is 0 Å². The summed E-state index contributed by atoms with van der Waals surface area (Å²) in [6.07, 6.45) is 0. The summed E-state index contributed by atoms with van der Waals surface area (Å²) in [6.45, 7) is 0. The van der Waals surface area contributed by atoms with Gasteiger partial charge in [0.05, 0.1) is 24.7 Å². The van der Waals surface area contributed by atoms with Crippen LogP contribution in [-0.2, 0) is 0 Å². The third-order valence-electron chi connectivity index (χ3n) is 7.56. The number of benzene rings is 8. The molecule has 0 radical (unpaired) electrons. The maximum atomic E-state index is 9.74. The van der Waals surface area contributed by atoms with Crippen LogP contribution >= 0.6 is 0 Å². The van der Waals surface area contributed by atoms with Crippen molar-refractivity contribution in [1.82, 2.24) is 0 Å². The minimum Gasteiger partial charge on any atom is -0.455 e. The minimum atomic E-state index is -0.708. The first-order valence-electron chi connectivity index (χ1n) is 22.3. The number of rotatable bonds is 3. The predicted molar refractivity (Wildman–Crippen MR) is 183 cm³/mol. The Balaban J connectivity index is 1.48. The fourth-order valence-corrected chi connectivity index (χ4v) is 5.77. The molecule has 0 spiro atoms. The number of hydrogen-bond donors (Lipinski definition) is 0. The standard InChI is InChI=1S/C42H26O/c1-2-12-27(13-3-1)30-15-6-7-17-32(30)41-35-20-10-8-18-33(35)40(34-19-9-11-21-36(34)41)29-23-25-39-38(26-29)37-24-22-28-14-4-5-16-31(28)42(37)43-39/h1-26H/i1D,2D,3D,4D,5D,6D,7D,12D,13D,14D,15D,16D,17D,22D,23D,24D,25D,26D. The van der Waals surface area contributed by atoms with Gasteiger partial charge >= 0.3 is 0 Å². The lowest BCUT2D eigenvalue weighted by Crippen LogP contribution is -1.92. The van der Waals surface area contributed by atoms with E-state index in [1.165, 1.54) is 0 Å². The van der Waals surface area contributed by atoms with Crippen molar-refractivity contribution in [1.29, 1.82) is 0 Å². The van der Waals surface area contributed by atoms with Crippen molar-refractivity contribution in [2.75, 3.05) is 0 Å². The van der Waals surface area contributed by atoms with E-state index in [4.69, 9.17) is 23.6 Å². The molecular formula is C42H26O. The van der Waals surface area contributed by atoms with E-state index in [9.17, 15) is 5.48 Å². The van der Waals surface area contributed by atoms with Crippen LogP contribution in [0.4, 0.5) is 0 Å². The molecular weight excluding hydrogens is 520 g/mol. The SMILES string of the molecule is [2H]c1c([2H])c([2H])c(-c2c([2H])c([2H])c([2H])c([2H])c2-c2c3ccccc3c(-c3c([2H])c([2H])c4oc5c6c([2H])c([2H])c([2H])c([2H])c6c([2H])c([2H])c5c4c3[2H])c3ccccc23)c([2H])c1[2H]. The first kappa shape index (κ1) is 12.3. The molecule has 0 N–H and O–H groups in total. The van der Waals surface area contributed by atoms with E-state index in [-0.39, 0.29) is 60.5 Å². The second kappa shape index (κ2) is 9.44. The second-order valence-electron chi connectivity index (χ2n) is 9.85. The van der Waals surface area contributed by atoms with E-state index >= 15 is 0 Å². The van der Waals surface area contributed by atoms with Crippen molar-refractivity contribution in [2.24, 2.45) is 0 Å². The summed E-state index contributed by atoms with van der Waals surface area (Å²) in [5, 5.41) is 0.492. The van der Waals surface area contributed by atoms with Crippen molar-refractivity contribution in [3.05, 3.63) is 157 Å². The van der Waals surface area contributed by atoms with Crippen LogP contribution in [0, 0.1) is 0 Å². The van der Waals surface area contributed by atoms with Gasteiger partial charge in [0.1, 0.15) is 11.2 Å². The van der Waals surface area contributed by atoms with E-state index in [0.717, 1.165) is 0 Å². The summed E-state index contributed by atoms with van der Waals surface area (Å²) >= 11 is 0. The molecule has 1 nitrogen and oxygen atoms in total. The number of fused-ring (bicyclic) bond motifs is 7. The van der Waals surface area contributed by atoms with Crippen molar-refractivity contribution in [3.63, 3.8) is 0 Å². The molecule has 1 heterocycles. The fraction of sp³-hybridized carbons (Fsp3) is 0.